The monoisotopic (exact) mass is 240 g/mol. The number of ether oxygens (including phenoxy) is 1. The third kappa shape index (κ3) is 3.60. The topological polar surface area (TPSA) is 84.6 Å². The van der Waals surface area contributed by atoms with Gasteiger partial charge in [0, 0.05) is 31.0 Å². The molecular formula is C11H16N2O4. The smallest absolute Gasteiger partial charge is 0.311 e. The SMILES string of the molecule is COc1cc(NCC(C)CO)ccc1[N+](=O)[O-]. The molecule has 1 aromatic rings. The van der Waals surface area contributed by atoms with Crippen LogP contribution in [0.2, 0.25) is 0 Å². The van der Waals surface area contributed by atoms with Gasteiger partial charge in [0.15, 0.2) is 5.75 Å². The van der Waals surface area contributed by atoms with E-state index in [1.54, 1.807) is 12.1 Å². The lowest BCUT2D eigenvalue weighted by molar-refractivity contribution is -0.385. The first-order valence-electron chi connectivity index (χ1n) is 5.25. The summed E-state index contributed by atoms with van der Waals surface area (Å²) < 4.78 is 4.95. The highest BCUT2D eigenvalue weighted by Gasteiger charge is 2.14. The molecule has 1 unspecified atom stereocenters. The van der Waals surface area contributed by atoms with Crippen LogP contribution in [0.3, 0.4) is 0 Å². The van der Waals surface area contributed by atoms with Crippen molar-refractivity contribution in [2.45, 2.75) is 6.92 Å². The number of benzene rings is 1. The molecule has 0 spiro atoms. The van der Waals surface area contributed by atoms with E-state index in [0.29, 0.717) is 6.54 Å². The highest BCUT2D eigenvalue weighted by molar-refractivity contribution is 5.57. The number of rotatable bonds is 6. The van der Waals surface area contributed by atoms with Crippen molar-refractivity contribution < 1.29 is 14.8 Å². The molecule has 0 radical (unpaired) electrons. The number of anilines is 1. The number of methoxy groups -OCH3 is 1. The van der Waals surface area contributed by atoms with E-state index in [4.69, 9.17) is 9.84 Å². The number of nitrogens with zero attached hydrogens (tertiary/aromatic N) is 1. The summed E-state index contributed by atoms with van der Waals surface area (Å²) in [7, 11) is 1.39. The van der Waals surface area contributed by atoms with Crippen LogP contribution in [-0.4, -0.2) is 30.3 Å². The first-order valence-corrected chi connectivity index (χ1v) is 5.25. The minimum absolute atomic E-state index is 0.0618. The summed E-state index contributed by atoms with van der Waals surface area (Å²) in [5, 5.41) is 22.6. The van der Waals surface area contributed by atoms with E-state index >= 15 is 0 Å². The second-order valence-corrected chi connectivity index (χ2v) is 3.81. The molecule has 0 fully saturated rings. The summed E-state index contributed by atoms with van der Waals surface area (Å²) in [6, 6.07) is 4.58. The van der Waals surface area contributed by atoms with Crippen LogP contribution >= 0.6 is 0 Å². The molecule has 0 aromatic heterocycles. The Morgan fingerprint density at radius 3 is 2.82 bits per heavy atom. The number of aliphatic hydroxyl groups is 1. The number of nitro groups is 1. The van der Waals surface area contributed by atoms with Gasteiger partial charge in [0.05, 0.1) is 12.0 Å². The van der Waals surface area contributed by atoms with Gasteiger partial charge in [0.2, 0.25) is 0 Å². The Morgan fingerprint density at radius 2 is 2.29 bits per heavy atom. The molecule has 6 heteroatoms. The minimum Gasteiger partial charge on any atom is -0.490 e. The summed E-state index contributed by atoms with van der Waals surface area (Å²) in [5.41, 5.74) is 0.668. The number of nitro benzene ring substituents is 1. The van der Waals surface area contributed by atoms with Crippen LogP contribution < -0.4 is 10.1 Å². The molecule has 0 aliphatic heterocycles. The minimum atomic E-state index is -0.487. The van der Waals surface area contributed by atoms with E-state index in [1.165, 1.54) is 13.2 Å². The third-order valence-electron chi connectivity index (χ3n) is 2.34. The largest absolute Gasteiger partial charge is 0.490 e. The average Bonchev–Trinajstić information content (AvgIpc) is 2.35. The van der Waals surface area contributed by atoms with Gasteiger partial charge in [-0.25, -0.2) is 0 Å². The van der Waals surface area contributed by atoms with Crippen LogP contribution in [0.1, 0.15) is 6.92 Å². The van der Waals surface area contributed by atoms with Gasteiger partial charge in [0.25, 0.3) is 0 Å². The zero-order chi connectivity index (χ0) is 12.8. The standard InChI is InChI=1S/C11H16N2O4/c1-8(7-14)6-12-9-3-4-10(13(15)16)11(5-9)17-2/h3-5,8,12,14H,6-7H2,1-2H3. The number of nitrogens with one attached hydrogen (secondary N) is 1. The number of hydrogen-bond donors (Lipinski definition) is 2. The van der Waals surface area contributed by atoms with Crippen molar-refractivity contribution in [2.24, 2.45) is 5.92 Å². The Kier molecular flexibility index (Phi) is 4.71. The molecule has 0 aliphatic rings. The molecule has 94 valence electrons. The normalized spacial score (nSPS) is 11.9. The van der Waals surface area contributed by atoms with Crippen molar-refractivity contribution in [1.82, 2.24) is 0 Å². The van der Waals surface area contributed by atoms with Crippen LogP contribution in [0.25, 0.3) is 0 Å². The molecule has 1 aromatic carbocycles. The molecule has 1 rings (SSSR count). The van der Waals surface area contributed by atoms with Gasteiger partial charge in [-0.15, -0.1) is 0 Å². The highest BCUT2D eigenvalue weighted by atomic mass is 16.6. The van der Waals surface area contributed by atoms with Crippen molar-refractivity contribution >= 4 is 11.4 Å². The summed E-state index contributed by atoms with van der Waals surface area (Å²) in [6.45, 7) is 2.59. The Morgan fingerprint density at radius 1 is 1.59 bits per heavy atom. The number of hydrogen-bond acceptors (Lipinski definition) is 5. The van der Waals surface area contributed by atoms with Gasteiger partial charge < -0.3 is 15.2 Å². The van der Waals surface area contributed by atoms with Gasteiger partial charge in [-0.05, 0) is 12.0 Å². The zero-order valence-corrected chi connectivity index (χ0v) is 9.84. The lowest BCUT2D eigenvalue weighted by Crippen LogP contribution is -2.14. The zero-order valence-electron chi connectivity index (χ0n) is 9.84. The quantitative estimate of drug-likeness (QED) is 0.583. The molecule has 0 saturated carbocycles. The Bertz CT molecular complexity index is 395. The maximum Gasteiger partial charge on any atom is 0.311 e. The summed E-state index contributed by atoms with van der Waals surface area (Å²) >= 11 is 0. The van der Waals surface area contributed by atoms with Crippen molar-refractivity contribution in [3.8, 4) is 5.75 Å². The van der Waals surface area contributed by atoms with Gasteiger partial charge in [-0.2, -0.15) is 0 Å². The first kappa shape index (κ1) is 13.2. The van der Waals surface area contributed by atoms with Crippen LogP contribution in [0.5, 0.6) is 5.75 Å². The molecule has 0 aliphatic carbocycles. The summed E-state index contributed by atoms with van der Waals surface area (Å²) in [6.07, 6.45) is 0. The molecule has 6 nitrogen and oxygen atoms in total. The van der Waals surface area contributed by atoms with Crippen molar-refractivity contribution in [2.75, 3.05) is 25.6 Å². The highest BCUT2D eigenvalue weighted by Crippen LogP contribution is 2.29. The van der Waals surface area contributed by atoms with E-state index < -0.39 is 4.92 Å². The third-order valence-corrected chi connectivity index (χ3v) is 2.34. The van der Waals surface area contributed by atoms with E-state index in [-0.39, 0.29) is 24.0 Å². The summed E-state index contributed by atoms with van der Waals surface area (Å²) in [5.74, 6) is 0.341. The van der Waals surface area contributed by atoms with Gasteiger partial charge in [0.1, 0.15) is 0 Å². The molecule has 17 heavy (non-hydrogen) atoms. The average molecular weight is 240 g/mol. The maximum atomic E-state index is 10.7. The Hall–Kier alpha value is -1.82. The predicted octanol–water partition coefficient (Wildman–Crippen LogP) is 1.64. The van der Waals surface area contributed by atoms with Gasteiger partial charge in [-0.1, -0.05) is 6.92 Å². The van der Waals surface area contributed by atoms with E-state index in [0.717, 1.165) is 5.69 Å². The van der Waals surface area contributed by atoms with E-state index in [2.05, 4.69) is 5.32 Å². The molecule has 0 bridgehead atoms. The van der Waals surface area contributed by atoms with Gasteiger partial charge in [-0.3, -0.25) is 10.1 Å². The molecule has 0 saturated heterocycles. The first-order chi connectivity index (χ1) is 8.08. The molecular weight excluding hydrogens is 224 g/mol. The second kappa shape index (κ2) is 6.05. The lowest BCUT2D eigenvalue weighted by Gasteiger charge is -2.11. The van der Waals surface area contributed by atoms with Crippen LogP contribution in [0, 0.1) is 16.0 Å². The molecule has 1 atom stereocenters. The second-order valence-electron chi connectivity index (χ2n) is 3.81. The number of aliphatic hydroxyl groups excluding tert-OH is 1. The van der Waals surface area contributed by atoms with Crippen LogP contribution in [0.4, 0.5) is 11.4 Å². The van der Waals surface area contributed by atoms with E-state index in [9.17, 15) is 10.1 Å². The van der Waals surface area contributed by atoms with Crippen molar-refractivity contribution in [1.29, 1.82) is 0 Å². The Labute approximate surface area is 99.4 Å². The van der Waals surface area contributed by atoms with Crippen molar-refractivity contribution in [3.05, 3.63) is 28.3 Å². The fourth-order valence-electron chi connectivity index (χ4n) is 1.30. The van der Waals surface area contributed by atoms with Crippen LogP contribution in [0.15, 0.2) is 18.2 Å². The van der Waals surface area contributed by atoms with Crippen LogP contribution in [-0.2, 0) is 0 Å². The summed E-state index contributed by atoms with van der Waals surface area (Å²) in [4.78, 5) is 10.2. The maximum absolute atomic E-state index is 10.7. The molecule has 0 amide bonds. The molecule has 0 heterocycles. The molecule has 2 N–H and O–H groups in total. The predicted molar refractivity (Wildman–Crippen MR) is 64.4 cm³/mol. The van der Waals surface area contributed by atoms with Gasteiger partial charge >= 0.3 is 5.69 Å². The van der Waals surface area contributed by atoms with E-state index in [1.807, 2.05) is 6.92 Å². The lowest BCUT2D eigenvalue weighted by atomic mass is 10.2. The fraction of sp³-hybridized carbons (Fsp3) is 0.455. The fourth-order valence-corrected chi connectivity index (χ4v) is 1.30. The van der Waals surface area contributed by atoms with Crippen molar-refractivity contribution in [3.63, 3.8) is 0 Å². The Balaban J connectivity index is 2.79.